The molecule has 1 aromatic carbocycles. The summed E-state index contributed by atoms with van der Waals surface area (Å²) in [7, 11) is 3.85. The van der Waals surface area contributed by atoms with Crippen molar-refractivity contribution >= 4 is 5.91 Å². The standard InChI is InChI=1S/C20H26N4O/c1-15-6-4-7-16(10-15)18-11-21-12-19(22-18)17-8-5-9-24(13-17)20(25)14-23(2)3/h4,6-7,10-12,17H,5,8-9,13-14H2,1-3H3/t17-/m1/s1. The van der Waals surface area contributed by atoms with Crippen molar-refractivity contribution in [3.05, 3.63) is 47.9 Å². The van der Waals surface area contributed by atoms with Gasteiger partial charge in [-0.1, -0.05) is 23.8 Å². The molecule has 0 radical (unpaired) electrons. The molecule has 1 aromatic heterocycles. The predicted octanol–water partition coefficient (Wildman–Crippen LogP) is 2.72. The van der Waals surface area contributed by atoms with Gasteiger partial charge in [0.2, 0.25) is 5.91 Å². The van der Waals surface area contributed by atoms with Crippen LogP contribution in [0.2, 0.25) is 0 Å². The topological polar surface area (TPSA) is 49.3 Å². The molecule has 0 unspecified atom stereocenters. The molecule has 5 heteroatoms. The van der Waals surface area contributed by atoms with Crippen LogP contribution in [0.5, 0.6) is 0 Å². The third kappa shape index (κ3) is 4.42. The molecule has 0 aliphatic carbocycles. The van der Waals surface area contributed by atoms with Gasteiger partial charge in [0.15, 0.2) is 0 Å². The number of likely N-dealkylation sites (N-methyl/N-ethyl adjacent to an activating group) is 1. The number of aryl methyl sites for hydroxylation is 1. The normalized spacial score (nSPS) is 17.8. The van der Waals surface area contributed by atoms with Crippen molar-refractivity contribution in [3.63, 3.8) is 0 Å². The van der Waals surface area contributed by atoms with Crippen LogP contribution < -0.4 is 0 Å². The lowest BCUT2D eigenvalue weighted by atomic mass is 9.94. The number of carbonyl (C=O) groups is 1. The zero-order valence-electron chi connectivity index (χ0n) is 15.3. The summed E-state index contributed by atoms with van der Waals surface area (Å²) in [4.78, 5) is 25.5. The minimum atomic E-state index is 0.192. The van der Waals surface area contributed by atoms with Crippen molar-refractivity contribution in [2.24, 2.45) is 0 Å². The van der Waals surface area contributed by atoms with E-state index in [1.165, 1.54) is 5.56 Å². The molecular formula is C20H26N4O. The SMILES string of the molecule is Cc1cccc(-c2cncc([C@@H]3CCCN(C(=O)CN(C)C)C3)n2)c1. The van der Waals surface area contributed by atoms with E-state index in [1.807, 2.05) is 42.4 Å². The highest BCUT2D eigenvalue weighted by atomic mass is 16.2. The number of likely N-dealkylation sites (tertiary alicyclic amines) is 1. The smallest absolute Gasteiger partial charge is 0.236 e. The first-order valence-corrected chi connectivity index (χ1v) is 8.84. The van der Waals surface area contributed by atoms with Crippen LogP contribution in [0, 0.1) is 6.92 Å². The Balaban J connectivity index is 1.77. The number of amides is 1. The number of piperidine rings is 1. The zero-order valence-corrected chi connectivity index (χ0v) is 15.3. The Hall–Kier alpha value is -2.27. The first-order valence-electron chi connectivity index (χ1n) is 8.84. The van der Waals surface area contributed by atoms with Gasteiger partial charge in [-0.2, -0.15) is 0 Å². The van der Waals surface area contributed by atoms with E-state index in [2.05, 4.69) is 30.1 Å². The highest BCUT2D eigenvalue weighted by molar-refractivity contribution is 5.78. The van der Waals surface area contributed by atoms with Gasteiger partial charge in [0.1, 0.15) is 0 Å². The van der Waals surface area contributed by atoms with Crippen LogP contribution in [-0.4, -0.2) is 59.4 Å². The van der Waals surface area contributed by atoms with Crippen LogP contribution in [0.25, 0.3) is 11.3 Å². The number of carbonyl (C=O) groups excluding carboxylic acids is 1. The van der Waals surface area contributed by atoms with Gasteiger partial charge in [0, 0.05) is 30.8 Å². The van der Waals surface area contributed by atoms with Crippen molar-refractivity contribution in [2.45, 2.75) is 25.7 Å². The van der Waals surface area contributed by atoms with Crippen LogP contribution in [0.4, 0.5) is 0 Å². The molecule has 1 amide bonds. The van der Waals surface area contributed by atoms with E-state index >= 15 is 0 Å². The van der Waals surface area contributed by atoms with Gasteiger partial charge in [0.05, 0.1) is 24.1 Å². The van der Waals surface area contributed by atoms with Gasteiger partial charge in [-0.05, 0) is 39.9 Å². The summed E-state index contributed by atoms with van der Waals surface area (Å²) >= 11 is 0. The maximum atomic E-state index is 12.4. The Bertz CT molecular complexity index is 744. The second-order valence-corrected chi connectivity index (χ2v) is 7.12. The molecule has 0 saturated carbocycles. The largest absolute Gasteiger partial charge is 0.341 e. The minimum Gasteiger partial charge on any atom is -0.341 e. The predicted molar refractivity (Wildman–Crippen MR) is 99.3 cm³/mol. The van der Waals surface area contributed by atoms with E-state index in [9.17, 15) is 4.79 Å². The summed E-state index contributed by atoms with van der Waals surface area (Å²) in [6, 6.07) is 8.31. The lowest BCUT2D eigenvalue weighted by Gasteiger charge is -2.33. The van der Waals surface area contributed by atoms with Gasteiger partial charge in [-0.25, -0.2) is 4.98 Å². The monoisotopic (exact) mass is 338 g/mol. The number of aromatic nitrogens is 2. The first kappa shape index (κ1) is 17.5. The Kier molecular flexibility index (Phi) is 5.43. The molecule has 0 spiro atoms. The van der Waals surface area contributed by atoms with E-state index in [0.29, 0.717) is 6.54 Å². The second-order valence-electron chi connectivity index (χ2n) is 7.12. The van der Waals surface area contributed by atoms with Gasteiger partial charge >= 0.3 is 0 Å². The Morgan fingerprint density at radius 3 is 2.92 bits per heavy atom. The van der Waals surface area contributed by atoms with Crippen molar-refractivity contribution < 1.29 is 4.79 Å². The molecule has 1 aliphatic rings. The molecule has 1 fully saturated rings. The maximum absolute atomic E-state index is 12.4. The van der Waals surface area contributed by atoms with E-state index in [4.69, 9.17) is 4.98 Å². The number of hydrogen-bond acceptors (Lipinski definition) is 4. The molecule has 1 saturated heterocycles. The highest BCUT2D eigenvalue weighted by Gasteiger charge is 2.26. The number of benzene rings is 1. The van der Waals surface area contributed by atoms with E-state index in [0.717, 1.165) is 42.9 Å². The Labute approximate surface area is 149 Å². The van der Waals surface area contributed by atoms with Crippen LogP contribution in [0.1, 0.15) is 30.0 Å². The minimum absolute atomic E-state index is 0.192. The second kappa shape index (κ2) is 7.74. The van der Waals surface area contributed by atoms with Crippen molar-refractivity contribution in [1.29, 1.82) is 0 Å². The highest BCUT2D eigenvalue weighted by Crippen LogP contribution is 2.27. The van der Waals surface area contributed by atoms with E-state index in [1.54, 1.807) is 0 Å². The van der Waals surface area contributed by atoms with Gasteiger partial charge < -0.3 is 9.80 Å². The average Bonchev–Trinajstić information content (AvgIpc) is 2.61. The molecule has 1 aliphatic heterocycles. The summed E-state index contributed by atoms with van der Waals surface area (Å²) in [5.41, 5.74) is 4.19. The molecular weight excluding hydrogens is 312 g/mol. The van der Waals surface area contributed by atoms with Gasteiger partial charge in [-0.15, -0.1) is 0 Å². The van der Waals surface area contributed by atoms with Crippen LogP contribution in [0.15, 0.2) is 36.7 Å². The average molecular weight is 338 g/mol. The zero-order chi connectivity index (χ0) is 17.8. The van der Waals surface area contributed by atoms with Crippen LogP contribution >= 0.6 is 0 Å². The molecule has 0 N–H and O–H groups in total. The summed E-state index contributed by atoms with van der Waals surface area (Å²) in [5.74, 6) is 0.453. The Morgan fingerprint density at radius 1 is 1.32 bits per heavy atom. The summed E-state index contributed by atoms with van der Waals surface area (Å²) in [5, 5.41) is 0. The van der Waals surface area contributed by atoms with Crippen molar-refractivity contribution in [1.82, 2.24) is 19.8 Å². The maximum Gasteiger partial charge on any atom is 0.236 e. The number of nitrogens with zero attached hydrogens (tertiary/aromatic N) is 4. The third-order valence-corrected chi connectivity index (χ3v) is 4.61. The fraction of sp³-hybridized carbons (Fsp3) is 0.450. The number of hydrogen-bond donors (Lipinski definition) is 0. The fourth-order valence-corrected chi connectivity index (χ4v) is 3.34. The quantitative estimate of drug-likeness (QED) is 0.860. The van der Waals surface area contributed by atoms with E-state index < -0.39 is 0 Å². The lowest BCUT2D eigenvalue weighted by molar-refractivity contribution is -0.133. The third-order valence-electron chi connectivity index (χ3n) is 4.61. The molecule has 5 nitrogen and oxygen atoms in total. The van der Waals surface area contributed by atoms with E-state index in [-0.39, 0.29) is 11.8 Å². The molecule has 2 aromatic rings. The summed E-state index contributed by atoms with van der Waals surface area (Å²) in [6.45, 7) is 4.12. The van der Waals surface area contributed by atoms with Gasteiger partial charge in [-0.3, -0.25) is 9.78 Å². The molecule has 25 heavy (non-hydrogen) atoms. The lowest BCUT2D eigenvalue weighted by Crippen LogP contribution is -2.43. The molecule has 1 atom stereocenters. The van der Waals surface area contributed by atoms with Crippen LogP contribution in [0.3, 0.4) is 0 Å². The summed E-state index contributed by atoms with van der Waals surface area (Å²) < 4.78 is 0. The van der Waals surface area contributed by atoms with Crippen molar-refractivity contribution in [2.75, 3.05) is 33.7 Å². The van der Waals surface area contributed by atoms with Crippen molar-refractivity contribution in [3.8, 4) is 11.3 Å². The first-order chi connectivity index (χ1) is 12.0. The number of rotatable bonds is 4. The molecule has 132 valence electrons. The molecule has 2 heterocycles. The fourth-order valence-electron chi connectivity index (χ4n) is 3.34. The molecule has 0 bridgehead atoms. The Morgan fingerprint density at radius 2 is 2.16 bits per heavy atom. The van der Waals surface area contributed by atoms with Crippen LogP contribution in [-0.2, 0) is 4.79 Å². The van der Waals surface area contributed by atoms with Gasteiger partial charge in [0.25, 0.3) is 0 Å². The molecule has 3 rings (SSSR count). The summed E-state index contributed by atoms with van der Waals surface area (Å²) in [6.07, 6.45) is 5.73.